The van der Waals surface area contributed by atoms with Crippen LogP contribution in [0, 0.1) is 17.3 Å². The predicted octanol–water partition coefficient (Wildman–Crippen LogP) is 1.71. The van der Waals surface area contributed by atoms with Crippen LogP contribution in [-0.2, 0) is 9.53 Å². The van der Waals surface area contributed by atoms with Gasteiger partial charge >= 0.3 is 5.97 Å². The summed E-state index contributed by atoms with van der Waals surface area (Å²) in [6.07, 6.45) is 4.73. The van der Waals surface area contributed by atoms with Crippen LogP contribution >= 0.6 is 24.8 Å². The SMILES string of the molecule is CN1CCC2(CC1)CNCC2C(=O)OCC1CC1.Cl.Cl. The zero-order chi connectivity index (χ0) is 12.6. The lowest BCUT2D eigenvalue weighted by molar-refractivity contribution is -0.153. The average molecular weight is 325 g/mol. The van der Waals surface area contributed by atoms with Crippen LogP contribution in [0.3, 0.4) is 0 Å². The fourth-order valence-electron chi connectivity index (χ4n) is 3.31. The van der Waals surface area contributed by atoms with E-state index in [1.165, 1.54) is 12.8 Å². The van der Waals surface area contributed by atoms with Crippen molar-refractivity contribution in [2.45, 2.75) is 25.7 Å². The van der Waals surface area contributed by atoms with Crippen molar-refractivity contribution in [2.24, 2.45) is 17.3 Å². The van der Waals surface area contributed by atoms with Crippen LogP contribution in [0.4, 0.5) is 0 Å². The lowest BCUT2D eigenvalue weighted by Crippen LogP contribution is -2.45. The standard InChI is InChI=1S/C14H24N2O2.2ClH/c1-16-6-4-14(5-7-16)10-15-8-12(14)13(17)18-9-11-2-3-11;;/h11-12,15H,2-10H2,1H3;2*1H. The summed E-state index contributed by atoms with van der Waals surface area (Å²) in [5, 5.41) is 3.41. The topological polar surface area (TPSA) is 41.6 Å². The Morgan fingerprint density at radius 3 is 2.55 bits per heavy atom. The molecule has 1 saturated carbocycles. The minimum Gasteiger partial charge on any atom is -0.465 e. The maximum absolute atomic E-state index is 12.3. The van der Waals surface area contributed by atoms with Crippen molar-refractivity contribution in [3.63, 3.8) is 0 Å². The molecule has 0 bridgehead atoms. The van der Waals surface area contributed by atoms with Crippen LogP contribution in [-0.4, -0.2) is 50.7 Å². The van der Waals surface area contributed by atoms with E-state index in [0.29, 0.717) is 12.5 Å². The zero-order valence-corrected chi connectivity index (χ0v) is 13.7. The van der Waals surface area contributed by atoms with Gasteiger partial charge in [-0.15, -0.1) is 24.8 Å². The Morgan fingerprint density at radius 2 is 1.95 bits per heavy atom. The van der Waals surface area contributed by atoms with E-state index in [-0.39, 0.29) is 42.1 Å². The summed E-state index contributed by atoms with van der Waals surface area (Å²) in [6, 6.07) is 0. The van der Waals surface area contributed by atoms with E-state index in [1.54, 1.807) is 0 Å². The van der Waals surface area contributed by atoms with Gasteiger partial charge in [-0.25, -0.2) is 0 Å². The summed E-state index contributed by atoms with van der Waals surface area (Å²) in [4.78, 5) is 14.6. The second kappa shape index (κ2) is 7.30. The zero-order valence-electron chi connectivity index (χ0n) is 12.1. The molecule has 0 aromatic heterocycles. The largest absolute Gasteiger partial charge is 0.465 e. The number of hydrogen-bond donors (Lipinski definition) is 1. The van der Waals surface area contributed by atoms with Crippen molar-refractivity contribution in [3.8, 4) is 0 Å². The van der Waals surface area contributed by atoms with Crippen molar-refractivity contribution in [1.82, 2.24) is 10.2 Å². The summed E-state index contributed by atoms with van der Waals surface area (Å²) >= 11 is 0. The molecule has 1 unspecified atom stereocenters. The van der Waals surface area contributed by atoms with Gasteiger partial charge in [-0.2, -0.15) is 0 Å². The average Bonchev–Trinajstić information content (AvgIpc) is 3.11. The monoisotopic (exact) mass is 324 g/mol. The molecule has 3 rings (SSSR count). The molecule has 4 nitrogen and oxygen atoms in total. The van der Waals surface area contributed by atoms with E-state index in [0.717, 1.165) is 39.0 Å². The van der Waals surface area contributed by atoms with Gasteiger partial charge in [0, 0.05) is 13.1 Å². The number of rotatable bonds is 3. The Hall–Kier alpha value is -0.0300. The van der Waals surface area contributed by atoms with E-state index in [1.807, 2.05) is 0 Å². The summed E-state index contributed by atoms with van der Waals surface area (Å²) < 4.78 is 5.51. The molecule has 3 fully saturated rings. The van der Waals surface area contributed by atoms with Gasteiger partial charge in [-0.1, -0.05) is 0 Å². The number of nitrogens with zero attached hydrogens (tertiary/aromatic N) is 1. The Labute approximate surface area is 133 Å². The minimum absolute atomic E-state index is 0. The molecular formula is C14H26Cl2N2O2. The van der Waals surface area contributed by atoms with E-state index < -0.39 is 0 Å². The molecule has 2 saturated heterocycles. The molecule has 1 N–H and O–H groups in total. The number of piperidine rings is 1. The molecule has 1 spiro atoms. The summed E-state index contributed by atoms with van der Waals surface area (Å²) in [6.45, 7) is 4.67. The molecular weight excluding hydrogens is 299 g/mol. The highest BCUT2D eigenvalue weighted by atomic mass is 35.5. The first-order valence-electron chi connectivity index (χ1n) is 7.25. The van der Waals surface area contributed by atoms with E-state index in [2.05, 4.69) is 17.3 Å². The summed E-state index contributed by atoms with van der Waals surface area (Å²) in [5.74, 6) is 0.804. The molecule has 1 atom stereocenters. The van der Waals surface area contributed by atoms with Crippen LogP contribution in [0.2, 0.25) is 0 Å². The fraction of sp³-hybridized carbons (Fsp3) is 0.929. The van der Waals surface area contributed by atoms with Crippen LogP contribution in [0.5, 0.6) is 0 Å². The molecule has 6 heteroatoms. The van der Waals surface area contributed by atoms with Crippen LogP contribution in [0.25, 0.3) is 0 Å². The van der Waals surface area contributed by atoms with Crippen molar-refractivity contribution in [2.75, 3.05) is 39.8 Å². The van der Waals surface area contributed by atoms with Crippen molar-refractivity contribution in [3.05, 3.63) is 0 Å². The maximum Gasteiger partial charge on any atom is 0.310 e. The first-order valence-corrected chi connectivity index (χ1v) is 7.25. The first kappa shape index (κ1) is 18.0. The molecule has 0 radical (unpaired) electrons. The van der Waals surface area contributed by atoms with Gasteiger partial charge in [0.2, 0.25) is 0 Å². The molecule has 118 valence electrons. The Morgan fingerprint density at radius 1 is 1.30 bits per heavy atom. The third-order valence-corrected chi connectivity index (χ3v) is 4.99. The van der Waals surface area contributed by atoms with Crippen molar-refractivity contribution in [1.29, 1.82) is 0 Å². The first-order chi connectivity index (χ1) is 8.70. The van der Waals surface area contributed by atoms with Crippen LogP contribution in [0.15, 0.2) is 0 Å². The number of likely N-dealkylation sites (tertiary alicyclic amines) is 1. The maximum atomic E-state index is 12.3. The molecule has 20 heavy (non-hydrogen) atoms. The number of ether oxygens (including phenoxy) is 1. The lowest BCUT2D eigenvalue weighted by Gasteiger charge is -2.40. The van der Waals surface area contributed by atoms with Gasteiger partial charge in [-0.3, -0.25) is 4.79 Å². The normalized spacial score (nSPS) is 28.6. The molecule has 2 heterocycles. The van der Waals surface area contributed by atoms with Crippen molar-refractivity contribution >= 4 is 30.8 Å². The highest BCUT2D eigenvalue weighted by molar-refractivity contribution is 5.85. The van der Waals surface area contributed by atoms with Gasteiger partial charge < -0.3 is 15.0 Å². The van der Waals surface area contributed by atoms with E-state index in [9.17, 15) is 4.79 Å². The van der Waals surface area contributed by atoms with E-state index >= 15 is 0 Å². The fourth-order valence-corrected chi connectivity index (χ4v) is 3.31. The number of halogens is 2. The molecule has 0 amide bonds. The number of carbonyl (C=O) groups excluding carboxylic acids is 1. The number of nitrogens with one attached hydrogen (secondary N) is 1. The number of carbonyl (C=O) groups is 1. The van der Waals surface area contributed by atoms with Crippen LogP contribution in [0.1, 0.15) is 25.7 Å². The quantitative estimate of drug-likeness (QED) is 0.802. The highest BCUT2D eigenvalue weighted by Crippen LogP contribution is 2.42. The van der Waals surface area contributed by atoms with Gasteiger partial charge in [0.15, 0.2) is 0 Å². The smallest absolute Gasteiger partial charge is 0.310 e. The molecule has 2 aliphatic heterocycles. The summed E-state index contributed by atoms with van der Waals surface area (Å²) in [5.41, 5.74) is 0.174. The number of esters is 1. The molecule has 1 aliphatic carbocycles. The predicted molar refractivity (Wildman–Crippen MR) is 83.7 cm³/mol. The van der Waals surface area contributed by atoms with Crippen LogP contribution < -0.4 is 5.32 Å². The van der Waals surface area contributed by atoms with Gasteiger partial charge in [0.05, 0.1) is 12.5 Å². The Bertz CT molecular complexity index is 329. The van der Waals surface area contributed by atoms with Gasteiger partial charge in [-0.05, 0) is 57.2 Å². The number of hydrogen-bond acceptors (Lipinski definition) is 4. The van der Waals surface area contributed by atoms with Crippen molar-refractivity contribution < 1.29 is 9.53 Å². The highest BCUT2D eigenvalue weighted by Gasteiger charge is 2.48. The second-order valence-electron chi connectivity index (χ2n) is 6.42. The van der Waals surface area contributed by atoms with E-state index in [4.69, 9.17) is 4.74 Å². The Kier molecular flexibility index (Phi) is 6.58. The minimum atomic E-state index is 0. The van der Waals surface area contributed by atoms with Gasteiger partial charge in [0.25, 0.3) is 0 Å². The van der Waals surface area contributed by atoms with Gasteiger partial charge in [0.1, 0.15) is 0 Å². The lowest BCUT2D eigenvalue weighted by atomic mass is 9.71. The third kappa shape index (κ3) is 3.79. The molecule has 3 aliphatic rings. The summed E-state index contributed by atoms with van der Waals surface area (Å²) in [7, 11) is 2.16. The second-order valence-corrected chi connectivity index (χ2v) is 6.42. The molecule has 0 aromatic carbocycles. The Balaban J connectivity index is 0.000001000. The third-order valence-electron chi connectivity index (χ3n) is 4.99. The molecule has 0 aromatic rings.